The normalized spacial score (nSPS) is 11.7. The summed E-state index contributed by atoms with van der Waals surface area (Å²) in [5.41, 5.74) is 0.797. The number of benzene rings is 1. The number of nitrogens with zero attached hydrogens (tertiary/aromatic N) is 1. The first kappa shape index (κ1) is 20.2. The first-order valence-electron chi connectivity index (χ1n) is 8.49. The number of aliphatic imine (C=N–C) groups is 1. The summed E-state index contributed by atoms with van der Waals surface area (Å²) in [4.78, 5) is 4.47. The van der Waals surface area contributed by atoms with Crippen LogP contribution in [0.1, 0.15) is 32.8 Å². The van der Waals surface area contributed by atoms with Crippen molar-refractivity contribution in [3.63, 3.8) is 0 Å². The maximum absolute atomic E-state index is 13.7. The summed E-state index contributed by atoms with van der Waals surface area (Å²) in [6, 6.07) is 4.88. The van der Waals surface area contributed by atoms with Crippen LogP contribution in [-0.4, -0.2) is 39.4 Å². The van der Waals surface area contributed by atoms with Gasteiger partial charge in [0.15, 0.2) is 17.5 Å². The molecule has 0 heterocycles. The quantitative estimate of drug-likeness (QED) is 0.391. The molecule has 0 spiro atoms. The van der Waals surface area contributed by atoms with E-state index in [0.29, 0.717) is 12.5 Å². The largest absolute Gasteiger partial charge is 0.494 e. The SMILES string of the molecule is CCNC(=NCc1ccc(OC)c(F)c1)NCCCOCC(C)C. The van der Waals surface area contributed by atoms with Crippen molar-refractivity contribution in [1.82, 2.24) is 10.6 Å². The zero-order chi connectivity index (χ0) is 17.8. The molecule has 0 aliphatic carbocycles. The van der Waals surface area contributed by atoms with Crippen LogP contribution in [0.2, 0.25) is 0 Å². The predicted octanol–water partition coefficient (Wildman–Crippen LogP) is 2.95. The molecule has 2 N–H and O–H groups in total. The summed E-state index contributed by atoms with van der Waals surface area (Å²) in [5.74, 6) is 1.15. The van der Waals surface area contributed by atoms with E-state index in [4.69, 9.17) is 9.47 Å². The predicted molar refractivity (Wildman–Crippen MR) is 96.0 cm³/mol. The lowest BCUT2D eigenvalue weighted by Gasteiger charge is -2.12. The number of methoxy groups -OCH3 is 1. The molecule has 0 radical (unpaired) electrons. The Bertz CT molecular complexity index is 507. The summed E-state index contributed by atoms with van der Waals surface area (Å²) in [6.45, 7) is 9.75. The third-order valence-corrected chi connectivity index (χ3v) is 3.19. The fourth-order valence-electron chi connectivity index (χ4n) is 2.02. The highest BCUT2D eigenvalue weighted by Gasteiger charge is 2.04. The van der Waals surface area contributed by atoms with E-state index in [0.717, 1.165) is 44.2 Å². The Hall–Kier alpha value is -1.82. The minimum atomic E-state index is -0.370. The molecular formula is C18H30FN3O2. The van der Waals surface area contributed by atoms with Crippen molar-refractivity contribution in [3.8, 4) is 5.75 Å². The molecule has 0 aromatic heterocycles. The lowest BCUT2D eigenvalue weighted by atomic mass is 10.2. The highest BCUT2D eigenvalue weighted by molar-refractivity contribution is 5.79. The Kier molecular flexibility index (Phi) is 9.84. The lowest BCUT2D eigenvalue weighted by Crippen LogP contribution is -2.38. The van der Waals surface area contributed by atoms with Gasteiger partial charge in [-0.05, 0) is 37.0 Å². The molecule has 24 heavy (non-hydrogen) atoms. The zero-order valence-electron chi connectivity index (χ0n) is 15.2. The van der Waals surface area contributed by atoms with Crippen molar-refractivity contribution >= 4 is 5.96 Å². The van der Waals surface area contributed by atoms with Crippen LogP contribution in [-0.2, 0) is 11.3 Å². The minimum Gasteiger partial charge on any atom is -0.494 e. The maximum atomic E-state index is 13.7. The van der Waals surface area contributed by atoms with Crippen molar-refractivity contribution in [1.29, 1.82) is 0 Å². The molecular weight excluding hydrogens is 309 g/mol. The van der Waals surface area contributed by atoms with Crippen LogP contribution >= 0.6 is 0 Å². The monoisotopic (exact) mass is 339 g/mol. The Balaban J connectivity index is 2.43. The fourth-order valence-corrected chi connectivity index (χ4v) is 2.02. The zero-order valence-corrected chi connectivity index (χ0v) is 15.2. The molecule has 6 heteroatoms. The molecule has 0 unspecified atom stereocenters. The number of nitrogens with one attached hydrogen (secondary N) is 2. The smallest absolute Gasteiger partial charge is 0.191 e. The highest BCUT2D eigenvalue weighted by atomic mass is 19.1. The van der Waals surface area contributed by atoms with Gasteiger partial charge in [0.1, 0.15) is 0 Å². The number of hydrogen-bond donors (Lipinski definition) is 2. The number of hydrogen-bond acceptors (Lipinski definition) is 3. The standard InChI is InChI=1S/C18H30FN3O2/c1-5-20-18(21-9-6-10-24-13-14(2)3)22-12-15-7-8-17(23-4)16(19)11-15/h7-8,11,14H,5-6,9-10,12-13H2,1-4H3,(H2,20,21,22). The second-order valence-electron chi connectivity index (χ2n) is 5.91. The number of halogens is 1. The first-order chi connectivity index (χ1) is 11.6. The van der Waals surface area contributed by atoms with E-state index in [9.17, 15) is 4.39 Å². The van der Waals surface area contributed by atoms with Crippen molar-refractivity contribution < 1.29 is 13.9 Å². The van der Waals surface area contributed by atoms with Gasteiger partial charge >= 0.3 is 0 Å². The van der Waals surface area contributed by atoms with Crippen molar-refractivity contribution in [2.45, 2.75) is 33.7 Å². The van der Waals surface area contributed by atoms with Gasteiger partial charge in [0.05, 0.1) is 13.7 Å². The van der Waals surface area contributed by atoms with E-state index < -0.39 is 0 Å². The Labute approximate surface area is 144 Å². The van der Waals surface area contributed by atoms with E-state index in [1.165, 1.54) is 13.2 Å². The summed E-state index contributed by atoms with van der Waals surface area (Å²) >= 11 is 0. The minimum absolute atomic E-state index is 0.245. The molecule has 5 nitrogen and oxygen atoms in total. The molecule has 0 saturated carbocycles. The van der Waals surface area contributed by atoms with Crippen molar-refractivity contribution in [2.75, 3.05) is 33.4 Å². The van der Waals surface area contributed by atoms with Gasteiger partial charge in [0, 0.05) is 26.3 Å². The Morgan fingerprint density at radius 1 is 1.29 bits per heavy atom. The van der Waals surface area contributed by atoms with E-state index in [1.54, 1.807) is 6.07 Å². The Morgan fingerprint density at radius 3 is 2.71 bits per heavy atom. The van der Waals surface area contributed by atoms with E-state index in [2.05, 4.69) is 29.5 Å². The second-order valence-corrected chi connectivity index (χ2v) is 5.91. The Morgan fingerprint density at radius 2 is 2.08 bits per heavy atom. The third kappa shape index (κ3) is 8.15. The van der Waals surface area contributed by atoms with Crippen LogP contribution in [0.15, 0.2) is 23.2 Å². The van der Waals surface area contributed by atoms with Crippen molar-refractivity contribution in [3.05, 3.63) is 29.6 Å². The topological polar surface area (TPSA) is 54.9 Å². The van der Waals surface area contributed by atoms with Gasteiger partial charge in [-0.2, -0.15) is 0 Å². The number of guanidine groups is 1. The molecule has 1 aromatic carbocycles. The second kappa shape index (κ2) is 11.7. The average Bonchev–Trinajstić information content (AvgIpc) is 2.55. The molecule has 136 valence electrons. The summed E-state index contributed by atoms with van der Waals surface area (Å²) < 4.78 is 24.1. The molecule has 0 aliphatic rings. The van der Waals surface area contributed by atoms with Crippen molar-refractivity contribution in [2.24, 2.45) is 10.9 Å². The van der Waals surface area contributed by atoms with Crippen LogP contribution in [0.4, 0.5) is 4.39 Å². The summed E-state index contributed by atoms with van der Waals surface area (Å²) in [7, 11) is 1.45. The van der Waals surface area contributed by atoms with Crippen LogP contribution in [0.3, 0.4) is 0 Å². The van der Waals surface area contributed by atoms with E-state index >= 15 is 0 Å². The van der Waals surface area contributed by atoms with Gasteiger partial charge < -0.3 is 20.1 Å². The van der Waals surface area contributed by atoms with Crippen LogP contribution in [0, 0.1) is 11.7 Å². The maximum Gasteiger partial charge on any atom is 0.191 e. The molecule has 0 atom stereocenters. The van der Waals surface area contributed by atoms with Crippen LogP contribution < -0.4 is 15.4 Å². The molecule has 0 fully saturated rings. The number of ether oxygens (including phenoxy) is 2. The highest BCUT2D eigenvalue weighted by Crippen LogP contribution is 2.17. The molecule has 0 bridgehead atoms. The molecule has 0 aliphatic heterocycles. The first-order valence-corrected chi connectivity index (χ1v) is 8.49. The van der Waals surface area contributed by atoms with Crippen LogP contribution in [0.5, 0.6) is 5.75 Å². The van der Waals surface area contributed by atoms with Gasteiger partial charge in [-0.25, -0.2) is 9.38 Å². The molecule has 0 saturated heterocycles. The molecule has 0 amide bonds. The van der Waals surface area contributed by atoms with Gasteiger partial charge in [0.25, 0.3) is 0 Å². The van der Waals surface area contributed by atoms with Gasteiger partial charge in [-0.3, -0.25) is 0 Å². The summed E-state index contributed by atoms with van der Waals surface area (Å²) in [6.07, 6.45) is 0.911. The fraction of sp³-hybridized carbons (Fsp3) is 0.611. The van der Waals surface area contributed by atoms with Gasteiger partial charge in [-0.1, -0.05) is 19.9 Å². The van der Waals surface area contributed by atoms with E-state index in [1.807, 2.05) is 13.0 Å². The third-order valence-electron chi connectivity index (χ3n) is 3.19. The summed E-state index contributed by atoms with van der Waals surface area (Å²) in [5, 5.41) is 6.44. The van der Waals surface area contributed by atoms with E-state index in [-0.39, 0.29) is 11.6 Å². The molecule has 1 rings (SSSR count). The average molecular weight is 339 g/mol. The lowest BCUT2D eigenvalue weighted by molar-refractivity contribution is 0.108. The van der Waals surface area contributed by atoms with Gasteiger partial charge in [-0.15, -0.1) is 0 Å². The van der Waals surface area contributed by atoms with Gasteiger partial charge in [0.2, 0.25) is 0 Å². The number of rotatable bonds is 10. The van der Waals surface area contributed by atoms with Crippen LogP contribution in [0.25, 0.3) is 0 Å². The molecule has 1 aromatic rings.